The van der Waals surface area contributed by atoms with E-state index in [-0.39, 0.29) is 12.4 Å². The van der Waals surface area contributed by atoms with Gasteiger partial charge >= 0.3 is 0 Å². The van der Waals surface area contributed by atoms with Gasteiger partial charge in [0.25, 0.3) is 0 Å². The highest BCUT2D eigenvalue weighted by Gasteiger charge is 2.57. The molecule has 1 aromatic carbocycles. The van der Waals surface area contributed by atoms with Gasteiger partial charge in [0.2, 0.25) is 11.6 Å². The molecular formula is C23H26ClNO7S. The Bertz CT molecular complexity index is 1060. The minimum atomic E-state index is -1.57. The molecule has 2 saturated heterocycles. The summed E-state index contributed by atoms with van der Waals surface area (Å²) < 4.78 is 17.3. The molecule has 3 aliphatic heterocycles. The Kier molecular flexibility index (Phi) is 6.36. The number of benzene rings is 1. The van der Waals surface area contributed by atoms with Gasteiger partial charge < -0.3 is 34.8 Å². The zero-order valence-electron chi connectivity index (χ0n) is 18.0. The van der Waals surface area contributed by atoms with Crippen molar-refractivity contribution in [2.24, 2.45) is 0 Å². The Morgan fingerprint density at radius 1 is 1.27 bits per heavy atom. The number of hydrogen-bond donors (Lipinski definition) is 4. The molecule has 0 bridgehead atoms. The van der Waals surface area contributed by atoms with Gasteiger partial charge in [0, 0.05) is 35.0 Å². The van der Waals surface area contributed by atoms with E-state index in [1.54, 1.807) is 19.1 Å². The fraction of sp³-hybridized carbons (Fsp3) is 0.522. The van der Waals surface area contributed by atoms with Crippen molar-refractivity contribution < 1.29 is 34.3 Å². The van der Waals surface area contributed by atoms with Crippen LogP contribution in [0.1, 0.15) is 38.2 Å². The zero-order valence-corrected chi connectivity index (χ0v) is 19.6. The number of carbonyl (C=O) groups excluding carboxylic acids is 1. The molecule has 33 heavy (non-hydrogen) atoms. The van der Waals surface area contributed by atoms with Gasteiger partial charge in [-0.1, -0.05) is 11.6 Å². The second kappa shape index (κ2) is 8.99. The van der Waals surface area contributed by atoms with E-state index in [0.717, 1.165) is 22.5 Å². The number of hydrogen-bond acceptors (Lipinski definition) is 9. The van der Waals surface area contributed by atoms with Crippen molar-refractivity contribution in [1.82, 2.24) is 5.32 Å². The highest BCUT2D eigenvalue weighted by atomic mass is 35.5. The molecule has 178 valence electrons. The molecule has 4 heterocycles. The summed E-state index contributed by atoms with van der Waals surface area (Å²) in [6, 6.07) is 7.30. The Hall–Kier alpha value is -1.40. The van der Waals surface area contributed by atoms with Crippen molar-refractivity contribution in [1.29, 1.82) is 0 Å². The van der Waals surface area contributed by atoms with Crippen molar-refractivity contribution in [3.05, 3.63) is 55.7 Å². The van der Waals surface area contributed by atoms with Gasteiger partial charge in [-0.3, -0.25) is 4.79 Å². The summed E-state index contributed by atoms with van der Waals surface area (Å²) in [7, 11) is 0. The maximum Gasteiger partial charge on any atom is 0.225 e. The molecule has 0 amide bonds. The van der Waals surface area contributed by atoms with Crippen LogP contribution in [0.5, 0.6) is 0 Å². The molecule has 6 atom stereocenters. The summed E-state index contributed by atoms with van der Waals surface area (Å²) >= 11 is 7.95. The average molecular weight is 496 g/mol. The van der Waals surface area contributed by atoms with Gasteiger partial charge in [0.15, 0.2) is 0 Å². The Balaban J connectivity index is 1.41. The van der Waals surface area contributed by atoms with E-state index in [1.807, 2.05) is 12.1 Å². The Morgan fingerprint density at radius 3 is 2.85 bits per heavy atom. The van der Waals surface area contributed by atoms with E-state index < -0.39 is 36.3 Å². The topological polar surface area (TPSA) is 117 Å². The van der Waals surface area contributed by atoms with Gasteiger partial charge in [-0.2, -0.15) is 0 Å². The Morgan fingerprint density at radius 2 is 2.09 bits per heavy atom. The molecule has 2 fully saturated rings. The Labute approximate surface area is 200 Å². The fourth-order valence-corrected chi connectivity index (χ4v) is 5.90. The number of Topliss-reactive ketones (excluding diaryl/α,β-unsaturated/α-hetero) is 1. The van der Waals surface area contributed by atoms with Crippen molar-refractivity contribution in [3.8, 4) is 0 Å². The second-order valence-corrected chi connectivity index (χ2v) is 10.3. The van der Waals surface area contributed by atoms with Gasteiger partial charge in [-0.15, -0.1) is 11.3 Å². The van der Waals surface area contributed by atoms with Crippen molar-refractivity contribution in [3.63, 3.8) is 0 Å². The first-order chi connectivity index (χ1) is 15.8. The van der Waals surface area contributed by atoms with Crippen LogP contribution in [0, 0.1) is 0 Å². The van der Waals surface area contributed by atoms with Gasteiger partial charge in [-0.25, -0.2) is 0 Å². The minimum absolute atomic E-state index is 0.0360. The van der Waals surface area contributed by atoms with E-state index in [0.29, 0.717) is 35.0 Å². The fourth-order valence-electron chi connectivity index (χ4n) is 4.63. The van der Waals surface area contributed by atoms with Gasteiger partial charge in [-0.05, 0) is 42.3 Å². The minimum Gasteiger partial charge on any atom is -0.388 e. The predicted octanol–water partition coefficient (Wildman–Crippen LogP) is 1.35. The lowest BCUT2D eigenvalue weighted by Crippen LogP contribution is -2.62. The standard InChI is InChI=1S/C23H26ClNO7S/c1-11-19(26)21(28)22(29)23(32-11)15-7-12(16(24)8-13(15)10-31-23)6-14-2-3-18(33-14)20(27)17-9-25-4-5-30-17/h2-3,7-8,11,17,19,21-22,25-26,28-29H,4-6,9-10H2,1H3/t11-,17?,19-,21+,22-,23+/m1/s1. The van der Waals surface area contributed by atoms with E-state index in [9.17, 15) is 20.1 Å². The van der Waals surface area contributed by atoms with Crippen LogP contribution in [-0.2, 0) is 33.0 Å². The summed E-state index contributed by atoms with van der Waals surface area (Å²) in [5, 5.41) is 34.9. The molecule has 4 N–H and O–H groups in total. The molecule has 0 saturated carbocycles. The lowest BCUT2D eigenvalue weighted by molar-refractivity contribution is -0.362. The van der Waals surface area contributed by atoms with Crippen LogP contribution in [0.3, 0.4) is 0 Å². The molecule has 3 aliphatic rings. The first kappa shape index (κ1) is 23.3. The largest absolute Gasteiger partial charge is 0.388 e. The number of halogens is 1. The molecule has 0 radical (unpaired) electrons. The second-order valence-electron chi connectivity index (χ2n) is 8.68. The third kappa shape index (κ3) is 4.05. The quantitative estimate of drug-likeness (QED) is 0.470. The first-order valence-corrected chi connectivity index (χ1v) is 12.1. The summed E-state index contributed by atoms with van der Waals surface area (Å²) in [4.78, 5) is 14.3. The highest BCUT2D eigenvalue weighted by Crippen LogP contribution is 2.47. The number of aliphatic hydroxyl groups excluding tert-OH is 3. The first-order valence-electron chi connectivity index (χ1n) is 10.9. The van der Waals surface area contributed by atoms with Crippen LogP contribution in [0.15, 0.2) is 24.3 Å². The number of fused-ring (bicyclic) bond motifs is 2. The third-order valence-electron chi connectivity index (χ3n) is 6.48. The molecule has 0 aliphatic carbocycles. The lowest BCUT2D eigenvalue weighted by atomic mass is 9.87. The number of ketones is 1. The maximum atomic E-state index is 12.7. The smallest absolute Gasteiger partial charge is 0.225 e. The maximum absolute atomic E-state index is 12.7. The molecule has 1 unspecified atom stereocenters. The summed E-state index contributed by atoms with van der Waals surface area (Å²) in [5.41, 5.74) is 2.12. The molecule has 1 spiro atoms. The van der Waals surface area contributed by atoms with Gasteiger partial charge in [0.1, 0.15) is 24.4 Å². The van der Waals surface area contributed by atoms with Crippen LogP contribution >= 0.6 is 22.9 Å². The van der Waals surface area contributed by atoms with Crippen LogP contribution < -0.4 is 5.32 Å². The summed E-state index contributed by atoms with van der Waals surface area (Å²) in [6.07, 6.45) is -4.85. The number of ether oxygens (including phenoxy) is 3. The van der Waals surface area contributed by atoms with E-state index >= 15 is 0 Å². The normalized spacial score (nSPS) is 33.9. The highest BCUT2D eigenvalue weighted by molar-refractivity contribution is 7.14. The monoisotopic (exact) mass is 495 g/mol. The summed E-state index contributed by atoms with van der Waals surface area (Å²) in [5.74, 6) is -1.61. The van der Waals surface area contributed by atoms with Crippen molar-refractivity contribution in [2.45, 2.75) is 56.3 Å². The number of rotatable bonds is 4. The third-order valence-corrected chi connectivity index (χ3v) is 7.94. The molecule has 5 rings (SSSR count). The van der Waals surface area contributed by atoms with E-state index in [1.165, 1.54) is 11.3 Å². The molecule has 1 aromatic heterocycles. The molecule has 2 aromatic rings. The molecule has 8 nitrogen and oxygen atoms in total. The number of carbonyl (C=O) groups is 1. The van der Waals surface area contributed by atoms with Crippen LogP contribution in [0.2, 0.25) is 5.02 Å². The predicted molar refractivity (Wildman–Crippen MR) is 121 cm³/mol. The lowest BCUT2D eigenvalue weighted by Gasteiger charge is -2.45. The molecule has 10 heteroatoms. The van der Waals surface area contributed by atoms with Crippen LogP contribution in [-0.4, -0.2) is 71.3 Å². The average Bonchev–Trinajstić information content (AvgIpc) is 3.42. The van der Waals surface area contributed by atoms with Crippen molar-refractivity contribution >= 4 is 28.7 Å². The van der Waals surface area contributed by atoms with E-state index in [2.05, 4.69) is 5.32 Å². The number of nitrogens with one attached hydrogen (secondary N) is 1. The molecular weight excluding hydrogens is 470 g/mol. The van der Waals surface area contributed by atoms with Crippen LogP contribution in [0.4, 0.5) is 0 Å². The summed E-state index contributed by atoms with van der Waals surface area (Å²) in [6.45, 7) is 3.55. The number of morpholine rings is 1. The van der Waals surface area contributed by atoms with Crippen LogP contribution in [0.25, 0.3) is 0 Å². The van der Waals surface area contributed by atoms with E-state index in [4.69, 9.17) is 25.8 Å². The van der Waals surface area contributed by atoms with Gasteiger partial charge in [0.05, 0.1) is 24.2 Å². The number of thiophene rings is 1. The van der Waals surface area contributed by atoms with Crippen molar-refractivity contribution in [2.75, 3.05) is 19.7 Å². The number of aliphatic hydroxyl groups is 3. The zero-order chi connectivity index (χ0) is 23.3. The SMILES string of the molecule is C[C@H]1O[C@]2(OCc3cc(Cl)c(Cc4ccc(C(=O)C5CNCCO5)s4)cc32)[C@H](O)[C@@H](O)[C@@H]1O.